The standard InChI is InChI=1S/C21H23FN2O2/c1-24(2)21(25)16-11-19(22)20(23-12-16)26-17-7-5-14(6-8-17)18-10-13-3-4-15(18)9-13/h5-8,11-13,15,18H,3-4,9-10H2,1-2H3/t13-,15+,18?/m1/s1. The van der Waals surface area contributed by atoms with Crippen LogP contribution >= 0.6 is 0 Å². The van der Waals surface area contributed by atoms with E-state index in [9.17, 15) is 9.18 Å². The van der Waals surface area contributed by atoms with Crippen molar-refractivity contribution in [3.63, 3.8) is 0 Å². The molecular weight excluding hydrogens is 331 g/mol. The third kappa shape index (κ3) is 3.18. The van der Waals surface area contributed by atoms with Crippen molar-refractivity contribution < 1.29 is 13.9 Å². The van der Waals surface area contributed by atoms with Crippen molar-refractivity contribution in [2.24, 2.45) is 11.8 Å². The lowest BCUT2D eigenvalue weighted by atomic mass is 9.83. The van der Waals surface area contributed by atoms with E-state index in [1.54, 1.807) is 14.1 Å². The summed E-state index contributed by atoms with van der Waals surface area (Å²) in [5, 5.41) is 0. The first kappa shape index (κ1) is 17.0. The molecule has 2 saturated carbocycles. The van der Waals surface area contributed by atoms with Gasteiger partial charge in [-0.05, 0) is 60.8 Å². The molecule has 2 bridgehead atoms. The van der Waals surface area contributed by atoms with Gasteiger partial charge in [0.1, 0.15) is 5.75 Å². The van der Waals surface area contributed by atoms with Crippen molar-refractivity contribution >= 4 is 5.91 Å². The quantitative estimate of drug-likeness (QED) is 0.805. The Morgan fingerprint density at radius 3 is 2.54 bits per heavy atom. The Morgan fingerprint density at radius 1 is 1.19 bits per heavy atom. The van der Waals surface area contributed by atoms with E-state index < -0.39 is 5.82 Å². The summed E-state index contributed by atoms with van der Waals surface area (Å²) in [4.78, 5) is 17.2. The third-order valence-corrected chi connectivity index (χ3v) is 5.72. The van der Waals surface area contributed by atoms with Gasteiger partial charge in [-0.2, -0.15) is 0 Å². The number of pyridine rings is 1. The fraction of sp³-hybridized carbons (Fsp3) is 0.429. The van der Waals surface area contributed by atoms with Gasteiger partial charge in [-0.3, -0.25) is 4.79 Å². The molecule has 2 fully saturated rings. The molecule has 4 rings (SSSR count). The molecule has 5 heteroatoms. The number of hydrogen-bond acceptors (Lipinski definition) is 3. The number of benzene rings is 1. The molecular formula is C21H23FN2O2. The van der Waals surface area contributed by atoms with Gasteiger partial charge >= 0.3 is 0 Å². The molecule has 2 aliphatic carbocycles. The summed E-state index contributed by atoms with van der Waals surface area (Å²) in [6.45, 7) is 0. The number of nitrogens with zero attached hydrogens (tertiary/aromatic N) is 2. The van der Waals surface area contributed by atoms with E-state index in [-0.39, 0.29) is 17.4 Å². The molecule has 0 radical (unpaired) electrons. The fourth-order valence-electron chi connectivity index (χ4n) is 4.42. The lowest BCUT2D eigenvalue weighted by molar-refractivity contribution is 0.0826. The summed E-state index contributed by atoms with van der Waals surface area (Å²) in [6, 6.07) is 9.09. The first-order valence-corrected chi connectivity index (χ1v) is 9.16. The van der Waals surface area contributed by atoms with Crippen LogP contribution in [0.5, 0.6) is 11.6 Å². The van der Waals surface area contributed by atoms with Crippen LogP contribution in [0.1, 0.15) is 47.5 Å². The van der Waals surface area contributed by atoms with Crippen molar-refractivity contribution in [2.75, 3.05) is 14.1 Å². The number of halogens is 1. The van der Waals surface area contributed by atoms with Gasteiger partial charge in [-0.1, -0.05) is 18.6 Å². The third-order valence-electron chi connectivity index (χ3n) is 5.72. The van der Waals surface area contributed by atoms with Crippen LogP contribution in [-0.4, -0.2) is 29.9 Å². The normalized spacial score (nSPS) is 23.9. The zero-order valence-electron chi connectivity index (χ0n) is 15.1. The van der Waals surface area contributed by atoms with Crippen molar-refractivity contribution in [1.29, 1.82) is 0 Å². The highest BCUT2D eigenvalue weighted by atomic mass is 19.1. The molecule has 136 valence electrons. The van der Waals surface area contributed by atoms with E-state index in [1.165, 1.54) is 42.3 Å². The number of amides is 1. The molecule has 1 aromatic carbocycles. The lowest BCUT2D eigenvalue weighted by Gasteiger charge is -2.22. The van der Waals surface area contributed by atoms with E-state index in [0.717, 1.165) is 17.9 Å². The maximum atomic E-state index is 14.2. The zero-order chi connectivity index (χ0) is 18.3. The minimum atomic E-state index is -0.644. The largest absolute Gasteiger partial charge is 0.436 e. The smallest absolute Gasteiger partial charge is 0.255 e. The summed E-state index contributed by atoms with van der Waals surface area (Å²) >= 11 is 0. The molecule has 3 atom stereocenters. The first-order chi connectivity index (χ1) is 12.5. The van der Waals surface area contributed by atoms with E-state index in [0.29, 0.717) is 11.7 Å². The number of hydrogen-bond donors (Lipinski definition) is 0. The molecule has 2 aromatic rings. The summed E-state index contributed by atoms with van der Waals surface area (Å²) < 4.78 is 19.8. The summed E-state index contributed by atoms with van der Waals surface area (Å²) in [5.41, 5.74) is 1.55. The van der Waals surface area contributed by atoms with Gasteiger partial charge in [0.25, 0.3) is 11.8 Å². The first-order valence-electron chi connectivity index (χ1n) is 9.16. The molecule has 0 saturated heterocycles. The molecule has 0 N–H and O–H groups in total. The van der Waals surface area contributed by atoms with Crippen LogP contribution in [0.4, 0.5) is 4.39 Å². The fourth-order valence-corrected chi connectivity index (χ4v) is 4.42. The number of carbonyl (C=O) groups is 1. The highest BCUT2D eigenvalue weighted by molar-refractivity contribution is 5.93. The Labute approximate surface area is 153 Å². The van der Waals surface area contributed by atoms with Gasteiger partial charge in [-0.25, -0.2) is 9.37 Å². The Bertz CT molecular complexity index is 819. The second-order valence-corrected chi connectivity index (χ2v) is 7.66. The minimum Gasteiger partial charge on any atom is -0.436 e. The van der Waals surface area contributed by atoms with Gasteiger partial charge in [-0.15, -0.1) is 0 Å². The van der Waals surface area contributed by atoms with Crippen molar-refractivity contribution in [3.05, 3.63) is 53.5 Å². The van der Waals surface area contributed by atoms with Crippen LogP contribution in [0.2, 0.25) is 0 Å². The van der Waals surface area contributed by atoms with Crippen molar-refractivity contribution in [2.45, 2.75) is 31.6 Å². The van der Waals surface area contributed by atoms with Gasteiger partial charge in [0.2, 0.25) is 0 Å². The van der Waals surface area contributed by atoms with Gasteiger partial charge in [0, 0.05) is 20.3 Å². The van der Waals surface area contributed by atoms with E-state index in [1.807, 2.05) is 12.1 Å². The van der Waals surface area contributed by atoms with Crippen molar-refractivity contribution in [1.82, 2.24) is 9.88 Å². The van der Waals surface area contributed by atoms with Gasteiger partial charge in [0.05, 0.1) is 5.56 Å². The van der Waals surface area contributed by atoms with Crippen LogP contribution in [0.3, 0.4) is 0 Å². The van der Waals surface area contributed by atoms with Crippen LogP contribution in [0.15, 0.2) is 36.5 Å². The van der Waals surface area contributed by atoms with Gasteiger partial charge in [0.15, 0.2) is 5.82 Å². The lowest BCUT2D eigenvalue weighted by Crippen LogP contribution is -2.22. The molecule has 1 unspecified atom stereocenters. The molecule has 4 nitrogen and oxygen atoms in total. The molecule has 1 heterocycles. The molecule has 26 heavy (non-hydrogen) atoms. The van der Waals surface area contributed by atoms with Crippen LogP contribution in [0, 0.1) is 17.7 Å². The van der Waals surface area contributed by atoms with E-state index in [2.05, 4.69) is 17.1 Å². The van der Waals surface area contributed by atoms with Gasteiger partial charge < -0.3 is 9.64 Å². The summed E-state index contributed by atoms with van der Waals surface area (Å²) in [6.07, 6.45) is 6.74. The maximum Gasteiger partial charge on any atom is 0.255 e. The number of ether oxygens (including phenoxy) is 1. The molecule has 0 aliphatic heterocycles. The van der Waals surface area contributed by atoms with Crippen molar-refractivity contribution in [3.8, 4) is 11.6 Å². The number of rotatable bonds is 4. The highest BCUT2D eigenvalue weighted by Crippen LogP contribution is 2.52. The predicted octanol–water partition coefficient (Wildman–Crippen LogP) is 4.62. The Morgan fingerprint density at radius 2 is 1.96 bits per heavy atom. The molecule has 0 spiro atoms. The summed E-state index contributed by atoms with van der Waals surface area (Å²) in [5.74, 6) is 1.89. The second-order valence-electron chi connectivity index (χ2n) is 7.66. The zero-order valence-corrected chi connectivity index (χ0v) is 15.1. The second kappa shape index (κ2) is 6.71. The predicted molar refractivity (Wildman–Crippen MR) is 96.9 cm³/mol. The number of fused-ring (bicyclic) bond motifs is 2. The van der Waals surface area contributed by atoms with E-state index >= 15 is 0 Å². The number of carbonyl (C=O) groups excluding carboxylic acids is 1. The summed E-state index contributed by atoms with van der Waals surface area (Å²) in [7, 11) is 3.23. The minimum absolute atomic E-state index is 0.118. The molecule has 1 amide bonds. The van der Waals surface area contributed by atoms with Crippen LogP contribution in [0.25, 0.3) is 0 Å². The van der Waals surface area contributed by atoms with E-state index in [4.69, 9.17) is 4.74 Å². The highest BCUT2D eigenvalue weighted by Gasteiger charge is 2.39. The van der Waals surface area contributed by atoms with Crippen LogP contribution in [-0.2, 0) is 0 Å². The molecule has 1 aromatic heterocycles. The van der Waals surface area contributed by atoms with Crippen LogP contribution < -0.4 is 4.74 Å². The Kier molecular flexibility index (Phi) is 4.39. The Balaban J connectivity index is 1.46. The SMILES string of the molecule is CN(C)C(=O)c1cnc(Oc2ccc(C3C[C@@H]4CC[C@H]3C4)cc2)c(F)c1. The maximum absolute atomic E-state index is 14.2. The average molecular weight is 354 g/mol. The average Bonchev–Trinajstić information content (AvgIpc) is 3.27. The monoisotopic (exact) mass is 354 g/mol. The molecule has 2 aliphatic rings. The Hall–Kier alpha value is -2.43. The number of aromatic nitrogens is 1. The topological polar surface area (TPSA) is 42.4 Å².